The SMILES string of the molecule is NC(=O)c1c(C2=CCOC=C2)ccc2ccccc12. The van der Waals surface area contributed by atoms with E-state index >= 15 is 0 Å². The Hall–Kier alpha value is -2.55. The summed E-state index contributed by atoms with van der Waals surface area (Å²) in [6.45, 7) is 0.511. The molecule has 2 aromatic carbocycles. The van der Waals surface area contributed by atoms with Crippen LogP contribution in [0.3, 0.4) is 0 Å². The van der Waals surface area contributed by atoms with Crippen molar-refractivity contribution in [3.8, 4) is 0 Å². The van der Waals surface area contributed by atoms with E-state index < -0.39 is 5.91 Å². The molecule has 1 amide bonds. The molecule has 0 bridgehead atoms. The number of hydrogen-bond donors (Lipinski definition) is 1. The second-order valence-electron chi connectivity index (χ2n) is 4.37. The van der Waals surface area contributed by atoms with Crippen LogP contribution in [0.4, 0.5) is 0 Å². The average molecular weight is 251 g/mol. The summed E-state index contributed by atoms with van der Waals surface area (Å²) in [4.78, 5) is 11.8. The molecule has 0 spiro atoms. The maximum absolute atomic E-state index is 11.8. The zero-order valence-corrected chi connectivity index (χ0v) is 10.3. The third-order valence-corrected chi connectivity index (χ3v) is 3.23. The van der Waals surface area contributed by atoms with Crippen LogP contribution in [-0.4, -0.2) is 12.5 Å². The molecule has 0 saturated carbocycles. The zero-order valence-electron chi connectivity index (χ0n) is 10.3. The van der Waals surface area contributed by atoms with Crippen LogP contribution in [0.1, 0.15) is 15.9 Å². The number of carbonyl (C=O) groups is 1. The number of ether oxygens (including phenoxy) is 1. The Balaban J connectivity index is 2.30. The quantitative estimate of drug-likeness (QED) is 0.892. The van der Waals surface area contributed by atoms with E-state index in [1.54, 1.807) is 6.26 Å². The Morgan fingerprint density at radius 2 is 2.00 bits per heavy atom. The van der Waals surface area contributed by atoms with Gasteiger partial charge in [0, 0.05) is 0 Å². The molecule has 3 rings (SSSR count). The zero-order chi connectivity index (χ0) is 13.2. The summed E-state index contributed by atoms with van der Waals surface area (Å²) in [6.07, 6.45) is 5.42. The van der Waals surface area contributed by atoms with Crippen LogP contribution in [0.5, 0.6) is 0 Å². The summed E-state index contributed by atoms with van der Waals surface area (Å²) >= 11 is 0. The van der Waals surface area contributed by atoms with Gasteiger partial charge in [-0.1, -0.05) is 36.4 Å². The van der Waals surface area contributed by atoms with Gasteiger partial charge in [0.1, 0.15) is 6.61 Å². The van der Waals surface area contributed by atoms with E-state index in [-0.39, 0.29) is 0 Å². The van der Waals surface area contributed by atoms with E-state index in [0.717, 1.165) is 21.9 Å². The molecule has 1 aliphatic heterocycles. The molecule has 1 aliphatic rings. The topological polar surface area (TPSA) is 52.3 Å². The highest BCUT2D eigenvalue weighted by Gasteiger charge is 2.15. The highest BCUT2D eigenvalue weighted by Crippen LogP contribution is 2.28. The van der Waals surface area contributed by atoms with Crippen molar-refractivity contribution in [2.24, 2.45) is 5.73 Å². The molecule has 19 heavy (non-hydrogen) atoms. The monoisotopic (exact) mass is 251 g/mol. The minimum atomic E-state index is -0.410. The first-order valence-electron chi connectivity index (χ1n) is 6.07. The Labute approximate surface area is 111 Å². The van der Waals surface area contributed by atoms with Crippen LogP contribution >= 0.6 is 0 Å². The molecule has 0 radical (unpaired) electrons. The largest absolute Gasteiger partial charge is 0.497 e. The van der Waals surface area contributed by atoms with Gasteiger partial charge in [-0.2, -0.15) is 0 Å². The second-order valence-corrected chi connectivity index (χ2v) is 4.37. The van der Waals surface area contributed by atoms with Gasteiger partial charge >= 0.3 is 0 Å². The summed E-state index contributed by atoms with van der Waals surface area (Å²) in [5.41, 5.74) is 7.95. The Morgan fingerprint density at radius 1 is 1.16 bits per heavy atom. The van der Waals surface area contributed by atoms with Crippen molar-refractivity contribution in [1.29, 1.82) is 0 Å². The van der Waals surface area contributed by atoms with E-state index in [9.17, 15) is 4.79 Å². The third-order valence-electron chi connectivity index (χ3n) is 3.23. The van der Waals surface area contributed by atoms with Gasteiger partial charge in [0.15, 0.2) is 0 Å². The summed E-state index contributed by atoms with van der Waals surface area (Å²) < 4.78 is 5.14. The maximum Gasteiger partial charge on any atom is 0.249 e. The molecule has 3 nitrogen and oxygen atoms in total. The average Bonchev–Trinajstić information content (AvgIpc) is 2.46. The minimum Gasteiger partial charge on any atom is -0.497 e. The van der Waals surface area contributed by atoms with E-state index in [0.29, 0.717) is 12.2 Å². The lowest BCUT2D eigenvalue weighted by atomic mass is 9.93. The highest BCUT2D eigenvalue weighted by molar-refractivity contribution is 6.10. The molecule has 3 heteroatoms. The number of allylic oxidation sites excluding steroid dienone is 2. The molecule has 2 aromatic rings. The summed E-state index contributed by atoms with van der Waals surface area (Å²) in [7, 11) is 0. The van der Waals surface area contributed by atoms with Crippen molar-refractivity contribution in [3.63, 3.8) is 0 Å². The number of primary amides is 1. The lowest BCUT2D eigenvalue weighted by Gasteiger charge is -2.13. The molecule has 0 unspecified atom stereocenters. The van der Waals surface area contributed by atoms with Crippen LogP contribution in [0.2, 0.25) is 0 Å². The van der Waals surface area contributed by atoms with Crippen LogP contribution in [0.15, 0.2) is 54.8 Å². The first kappa shape index (κ1) is 11.5. The van der Waals surface area contributed by atoms with Gasteiger partial charge < -0.3 is 10.5 Å². The number of benzene rings is 2. The van der Waals surface area contributed by atoms with Crippen molar-refractivity contribution in [3.05, 3.63) is 65.9 Å². The normalized spacial score (nSPS) is 14.0. The van der Waals surface area contributed by atoms with Crippen LogP contribution < -0.4 is 5.73 Å². The smallest absolute Gasteiger partial charge is 0.249 e. The molecule has 0 aromatic heterocycles. The molecule has 94 valence electrons. The maximum atomic E-state index is 11.8. The highest BCUT2D eigenvalue weighted by atomic mass is 16.5. The summed E-state index contributed by atoms with van der Waals surface area (Å²) in [5, 5.41) is 1.89. The molecule has 0 atom stereocenters. The fraction of sp³-hybridized carbons (Fsp3) is 0.0625. The molecule has 0 fully saturated rings. The van der Waals surface area contributed by atoms with Crippen molar-refractivity contribution in [2.45, 2.75) is 0 Å². The molecular weight excluding hydrogens is 238 g/mol. The van der Waals surface area contributed by atoms with E-state index in [1.807, 2.05) is 48.6 Å². The van der Waals surface area contributed by atoms with Gasteiger partial charge in [-0.05, 0) is 34.1 Å². The Bertz CT molecular complexity index is 714. The molecule has 0 saturated heterocycles. The van der Waals surface area contributed by atoms with Gasteiger partial charge in [-0.3, -0.25) is 4.79 Å². The molecule has 1 heterocycles. The van der Waals surface area contributed by atoms with Crippen molar-refractivity contribution in [1.82, 2.24) is 0 Å². The lowest BCUT2D eigenvalue weighted by molar-refractivity contribution is 0.100. The van der Waals surface area contributed by atoms with Crippen LogP contribution in [-0.2, 0) is 4.74 Å². The van der Waals surface area contributed by atoms with E-state index in [4.69, 9.17) is 10.5 Å². The number of hydrogen-bond acceptors (Lipinski definition) is 2. The number of amides is 1. The van der Waals surface area contributed by atoms with Gasteiger partial charge in [0.05, 0.1) is 11.8 Å². The summed E-state index contributed by atoms with van der Waals surface area (Å²) in [6, 6.07) is 11.7. The first-order valence-corrected chi connectivity index (χ1v) is 6.07. The standard InChI is InChI=1S/C16H13NO2/c17-16(18)15-13-4-2-1-3-11(13)5-6-14(15)12-7-9-19-10-8-12/h1-9H,10H2,(H2,17,18). The fourth-order valence-corrected chi connectivity index (χ4v) is 2.36. The molecular formula is C16H13NO2. The van der Waals surface area contributed by atoms with Crippen LogP contribution in [0.25, 0.3) is 16.3 Å². The Kier molecular flexibility index (Phi) is 2.80. The third kappa shape index (κ3) is 1.99. The van der Waals surface area contributed by atoms with Gasteiger partial charge in [-0.15, -0.1) is 0 Å². The van der Waals surface area contributed by atoms with Gasteiger partial charge in [0.2, 0.25) is 5.91 Å². The number of nitrogens with two attached hydrogens (primary N) is 1. The molecule has 2 N–H and O–H groups in total. The van der Waals surface area contributed by atoms with E-state index in [1.165, 1.54) is 0 Å². The van der Waals surface area contributed by atoms with Crippen molar-refractivity contribution in [2.75, 3.05) is 6.61 Å². The number of fused-ring (bicyclic) bond motifs is 1. The number of carbonyl (C=O) groups excluding carboxylic acids is 1. The molecule has 0 aliphatic carbocycles. The van der Waals surface area contributed by atoms with Gasteiger partial charge in [-0.25, -0.2) is 0 Å². The minimum absolute atomic E-state index is 0.410. The second kappa shape index (κ2) is 4.61. The predicted molar refractivity (Wildman–Crippen MR) is 75.5 cm³/mol. The van der Waals surface area contributed by atoms with Crippen molar-refractivity contribution >= 4 is 22.3 Å². The van der Waals surface area contributed by atoms with Gasteiger partial charge in [0.25, 0.3) is 0 Å². The number of rotatable bonds is 2. The summed E-state index contributed by atoms with van der Waals surface area (Å²) in [5.74, 6) is -0.410. The van der Waals surface area contributed by atoms with Crippen LogP contribution in [0, 0.1) is 0 Å². The predicted octanol–water partition coefficient (Wildman–Crippen LogP) is 2.87. The fourth-order valence-electron chi connectivity index (χ4n) is 2.36. The van der Waals surface area contributed by atoms with E-state index in [2.05, 4.69) is 0 Å². The first-order chi connectivity index (χ1) is 9.27. The van der Waals surface area contributed by atoms with Crippen molar-refractivity contribution < 1.29 is 9.53 Å². The lowest BCUT2D eigenvalue weighted by Crippen LogP contribution is -2.14. The Morgan fingerprint density at radius 3 is 2.74 bits per heavy atom.